The standard InChI is InChI=1S/C22H29ClN2O3S/c1-7-21(22(26)24-17(5)19-12-14(2)8-9-15(19)3)25(29(6,27)28)18-11-10-16(4)20(23)13-18/h8-13,17,21H,7H2,1-6H3,(H,24,26)/t17-,21-/m0/s1. The molecular formula is C22H29ClN2O3S. The molecule has 2 rings (SSSR count). The Kier molecular flexibility index (Phi) is 7.35. The van der Waals surface area contributed by atoms with E-state index in [-0.39, 0.29) is 11.9 Å². The lowest BCUT2D eigenvalue weighted by Gasteiger charge is -2.31. The van der Waals surface area contributed by atoms with Crippen LogP contribution >= 0.6 is 11.6 Å². The maximum absolute atomic E-state index is 13.1. The van der Waals surface area contributed by atoms with Gasteiger partial charge in [-0.25, -0.2) is 8.42 Å². The first kappa shape index (κ1) is 23.2. The van der Waals surface area contributed by atoms with Gasteiger partial charge in [0.25, 0.3) is 0 Å². The molecule has 0 aliphatic rings. The van der Waals surface area contributed by atoms with E-state index in [1.165, 1.54) is 0 Å². The molecule has 2 aromatic carbocycles. The second kappa shape index (κ2) is 9.18. The molecule has 2 atom stereocenters. The van der Waals surface area contributed by atoms with Crippen LogP contribution in [0.1, 0.15) is 48.6 Å². The predicted molar refractivity (Wildman–Crippen MR) is 120 cm³/mol. The Morgan fingerprint density at radius 2 is 1.72 bits per heavy atom. The summed E-state index contributed by atoms with van der Waals surface area (Å²) in [6.45, 7) is 9.53. The van der Waals surface area contributed by atoms with Crippen molar-refractivity contribution < 1.29 is 13.2 Å². The van der Waals surface area contributed by atoms with E-state index >= 15 is 0 Å². The van der Waals surface area contributed by atoms with Crippen molar-refractivity contribution in [2.45, 2.75) is 53.1 Å². The second-order valence-corrected chi connectivity index (χ2v) is 9.77. The highest BCUT2D eigenvalue weighted by Crippen LogP contribution is 2.28. The molecule has 2 aromatic rings. The summed E-state index contributed by atoms with van der Waals surface area (Å²) in [5.41, 5.74) is 4.40. The summed E-state index contributed by atoms with van der Waals surface area (Å²) in [5.74, 6) is -0.344. The van der Waals surface area contributed by atoms with Crippen LogP contribution in [0.15, 0.2) is 36.4 Å². The van der Waals surface area contributed by atoms with E-state index < -0.39 is 16.1 Å². The fourth-order valence-corrected chi connectivity index (χ4v) is 4.77. The summed E-state index contributed by atoms with van der Waals surface area (Å²) in [4.78, 5) is 13.1. The zero-order chi connectivity index (χ0) is 21.9. The lowest BCUT2D eigenvalue weighted by molar-refractivity contribution is -0.122. The zero-order valence-corrected chi connectivity index (χ0v) is 19.4. The number of carbonyl (C=O) groups is 1. The highest BCUT2D eigenvalue weighted by molar-refractivity contribution is 7.92. The number of hydrogen-bond acceptors (Lipinski definition) is 3. The maximum atomic E-state index is 13.1. The molecule has 0 bridgehead atoms. The Morgan fingerprint density at radius 3 is 2.28 bits per heavy atom. The van der Waals surface area contributed by atoms with Crippen molar-refractivity contribution in [3.63, 3.8) is 0 Å². The molecule has 0 fully saturated rings. The van der Waals surface area contributed by atoms with E-state index in [1.54, 1.807) is 25.1 Å². The van der Waals surface area contributed by atoms with Gasteiger partial charge in [0.05, 0.1) is 18.0 Å². The number of benzene rings is 2. The molecule has 0 aromatic heterocycles. The second-order valence-electron chi connectivity index (χ2n) is 7.51. The largest absolute Gasteiger partial charge is 0.348 e. The minimum Gasteiger partial charge on any atom is -0.348 e. The van der Waals surface area contributed by atoms with Crippen molar-refractivity contribution in [3.8, 4) is 0 Å². The van der Waals surface area contributed by atoms with Gasteiger partial charge in [-0.05, 0) is 62.9 Å². The molecule has 7 heteroatoms. The number of halogens is 1. The Balaban J connectivity index is 2.37. The fraction of sp³-hybridized carbons (Fsp3) is 0.409. The van der Waals surface area contributed by atoms with E-state index in [4.69, 9.17) is 11.6 Å². The van der Waals surface area contributed by atoms with E-state index in [1.807, 2.05) is 45.9 Å². The van der Waals surface area contributed by atoms with Crippen molar-refractivity contribution in [2.24, 2.45) is 0 Å². The van der Waals surface area contributed by atoms with Crippen LogP contribution in [0.25, 0.3) is 0 Å². The minimum absolute atomic E-state index is 0.250. The smallest absolute Gasteiger partial charge is 0.244 e. The van der Waals surface area contributed by atoms with Gasteiger partial charge in [0.1, 0.15) is 6.04 Å². The Bertz CT molecular complexity index is 1010. The van der Waals surface area contributed by atoms with Gasteiger partial charge in [-0.15, -0.1) is 0 Å². The fourth-order valence-electron chi connectivity index (χ4n) is 3.39. The predicted octanol–water partition coefficient (Wildman–Crippen LogP) is 4.69. The molecule has 0 aliphatic heterocycles. The maximum Gasteiger partial charge on any atom is 0.244 e. The zero-order valence-electron chi connectivity index (χ0n) is 17.8. The third-order valence-electron chi connectivity index (χ3n) is 5.00. The molecule has 0 saturated heterocycles. The molecular weight excluding hydrogens is 408 g/mol. The highest BCUT2D eigenvalue weighted by atomic mass is 35.5. The Morgan fingerprint density at radius 1 is 1.10 bits per heavy atom. The van der Waals surface area contributed by atoms with Crippen molar-refractivity contribution >= 4 is 33.2 Å². The minimum atomic E-state index is -3.71. The average Bonchev–Trinajstić information content (AvgIpc) is 2.62. The molecule has 0 heterocycles. The Hall–Kier alpha value is -2.05. The number of carbonyl (C=O) groups excluding carboxylic acids is 1. The number of nitrogens with zero attached hydrogens (tertiary/aromatic N) is 1. The molecule has 29 heavy (non-hydrogen) atoms. The van der Waals surface area contributed by atoms with Crippen molar-refractivity contribution in [1.82, 2.24) is 5.32 Å². The molecule has 1 amide bonds. The third-order valence-corrected chi connectivity index (χ3v) is 6.59. The number of aryl methyl sites for hydroxylation is 3. The van der Waals surface area contributed by atoms with Gasteiger partial charge in [0, 0.05) is 5.02 Å². The van der Waals surface area contributed by atoms with Crippen LogP contribution in [0.2, 0.25) is 5.02 Å². The van der Waals surface area contributed by atoms with E-state index in [9.17, 15) is 13.2 Å². The van der Waals surface area contributed by atoms with Crippen molar-refractivity contribution in [1.29, 1.82) is 0 Å². The molecule has 0 unspecified atom stereocenters. The summed E-state index contributed by atoms with van der Waals surface area (Å²) < 4.78 is 26.3. The lowest BCUT2D eigenvalue weighted by atomic mass is 9.99. The first-order chi connectivity index (χ1) is 13.5. The van der Waals surface area contributed by atoms with Gasteiger partial charge in [-0.2, -0.15) is 0 Å². The van der Waals surface area contributed by atoms with Crippen molar-refractivity contribution in [3.05, 3.63) is 63.7 Å². The van der Waals surface area contributed by atoms with E-state index in [0.717, 1.165) is 32.8 Å². The average molecular weight is 437 g/mol. The Labute approximate surface area is 179 Å². The SMILES string of the molecule is CC[C@@H](C(=O)N[C@@H](C)c1cc(C)ccc1C)N(c1ccc(C)c(Cl)c1)S(C)(=O)=O. The normalized spacial score (nSPS) is 13.6. The summed E-state index contributed by atoms with van der Waals surface area (Å²) in [5, 5.41) is 3.44. The van der Waals surface area contributed by atoms with Crippen LogP contribution in [0, 0.1) is 20.8 Å². The van der Waals surface area contributed by atoms with Gasteiger partial charge in [-0.1, -0.05) is 48.4 Å². The topological polar surface area (TPSA) is 66.5 Å². The number of rotatable bonds is 7. The van der Waals surface area contributed by atoms with Crippen LogP contribution in [-0.2, 0) is 14.8 Å². The summed E-state index contributed by atoms with van der Waals surface area (Å²) in [6, 6.07) is 9.95. The summed E-state index contributed by atoms with van der Waals surface area (Å²) >= 11 is 6.21. The van der Waals surface area contributed by atoms with Crippen LogP contribution in [-0.4, -0.2) is 26.6 Å². The molecule has 0 spiro atoms. The van der Waals surface area contributed by atoms with Gasteiger partial charge in [-0.3, -0.25) is 9.10 Å². The van der Waals surface area contributed by atoms with Gasteiger partial charge in [0.15, 0.2) is 0 Å². The summed E-state index contributed by atoms with van der Waals surface area (Å²) in [6.07, 6.45) is 1.43. The molecule has 1 N–H and O–H groups in total. The van der Waals surface area contributed by atoms with E-state index in [0.29, 0.717) is 17.1 Å². The monoisotopic (exact) mass is 436 g/mol. The lowest BCUT2D eigenvalue weighted by Crippen LogP contribution is -2.49. The number of anilines is 1. The summed E-state index contributed by atoms with van der Waals surface area (Å²) in [7, 11) is -3.71. The van der Waals surface area contributed by atoms with Crippen LogP contribution < -0.4 is 9.62 Å². The molecule has 5 nitrogen and oxygen atoms in total. The number of nitrogens with one attached hydrogen (secondary N) is 1. The van der Waals surface area contributed by atoms with Crippen LogP contribution in [0.3, 0.4) is 0 Å². The quantitative estimate of drug-likeness (QED) is 0.684. The van der Waals surface area contributed by atoms with Gasteiger partial charge >= 0.3 is 0 Å². The van der Waals surface area contributed by atoms with Crippen LogP contribution in [0.4, 0.5) is 5.69 Å². The van der Waals surface area contributed by atoms with Gasteiger partial charge in [0.2, 0.25) is 15.9 Å². The third kappa shape index (κ3) is 5.52. The first-order valence-corrected chi connectivity index (χ1v) is 11.8. The molecule has 0 aliphatic carbocycles. The molecule has 158 valence electrons. The van der Waals surface area contributed by atoms with Gasteiger partial charge < -0.3 is 5.32 Å². The first-order valence-electron chi connectivity index (χ1n) is 9.58. The van der Waals surface area contributed by atoms with Crippen LogP contribution in [0.5, 0.6) is 0 Å². The number of sulfonamides is 1. The number of amides is 1. The van der Waals surface area contributed by atoms with E-state index in [2.05, 4.69) is 5.32 Å². The molecule has 0 saturated carbocycles. The highest BCUT2D eigenvalue weighted by Gasteiger charge is 2.32. The molecule has 0 radical (unpaired) electrons. The number of hydrogen-bond donors (Lipinski definition) is 1. The van der Waals surface area contributed by atoms with Crippen molar-refractivity contribution in [2.75, 3.05) is 10.6 Å².